The number of rotatable bonds is 6. The summed E-state index contributed by atoms with van der Waals surface area (Å²) in [5.41, 5.74) is 2.49. The van der Waals surface area contributed by atoms with E-state index in [1.54, 1.807) is 30.3 Å². The van der Waals surface area contributed by atoms with E-state index >= 15 is 0 Å². The standard InChI is InChI=1S/C25H17FN4O3S2/c1-14-6-2-5-9-20(14)30-22(32)17-11-10-15(12-18(17)23(30)33)21(31)27-24-28-29-25(35-24)34-13-16-7-3-4-8-19(16)26/h2-12H,13H2,1H3,(H,27,28,31). The Bertz CT molecular complexity index is 1490. The maximum atomic E-state index is 13.8. The van der Waals surface area contributed by atoms with Crippen molar-refractivity contribution in [3.05, 3.63) is 100 Å². The summed E-state index contributed by atoms with van der Waals surface area (Å²) in [4.78, 5) is 39.8. The zero-order valence-corrected chi connectivity index (χ0v) is 20.0. The maximum absolute atomic E-state index is 13.8. The van der Waals surface area contributed by atoms with Gasteiger partial charge in [-0.15, -0.1) is 10.2 Å². The van der Waals surface area contributed by atoms with Gasteiger partial charge >= 0.3 is 0 Å². The van der Waals surface area contributed by atoms with Crippen LogP contribution in [0.25, 0.3) is 0 Å². The molecule has 2 heterocycles. The molecule has 1 aromatic heterocycles. The molecule has 0 bridgehead atoms. The van der Waals surface area contributed by atoms with Crippen LogP contribution in [0.15, 0.2) is 71.1 Å². The minimum Gasteiger partial charge on any atom is -0.296 e. The predicted octanol–water partition coefficient (Wildman–Crippen LogP) is 5.33. The van der Waals surface area contributed by atoms with Crippen LogP contribution in [0.4, 0.5) is 15.2 Å². The molecular weight excluding hydrogens is 487 g/mol. The summed E-state index contributed by atoms with van der Waals surface area (Å²) in [6, 6.07) is 18.0. The van der Waals surface area contributed by atoms with E-state index in [0.717, 1.165) is 21.8 Å². The van der Waals surface area contributed by atoms with Gasteiger partial charge in [-0.1, -0.05) is 59.5 Å². The summed E-state index contributed by atoms with van der Waals surface area (Å²) in [5.74, 6) is -1.29. The molecule has 0 spiro atoms. The third-order valence-corrected chi connectivity index (χ3v) is 7.46. The largest absolute Gasteiger partial charge is 0.296 e. The molecule has 0 saturated carbocycles. The van der Waals surface area contributed by atoms with Gasteiger partial charge in [0, 0.05) is 11.3 Å². The van der Waals surface area contributed by atoms with Crippen LogP contribution in [0.5, 0.6) is 0 Å². The zero-order chi connectivity index (χ0) is 24.5. The summed E-state index contributed by atoms with van der Waals surface area (Å²) in [6.07, 6.45) is 0. The van der Waals surface area contributed by atoms with Crippen molar-refractivity contribution in [1.82, 2.24) is 10.2 Å². The Hall–Kier alpha value is -3.89. The molecule has 0 aliphatic carbocycles. The number of amides is 3. The number of imide groups is 1. The first-order chi connectivity index (χ1) is 16.9. The molecule has 3 amide bonds. The number of nitrogens with one attached hydrogen (secondary N) is 1. The van der Waals surface area contributed by atoms with Gasteiger partial charge in [-0.25, -0.2) is 9.29 Å². The quantitative estimate of drug-likeness (QED) is 0.217. The Morgan fingerprint density at radius 1 is 1.00 bits per heavy atom. The van der Waals surface area contributed by atoms with Crippen molar-refractivity contribution in [2.24, 2.45) is 0 Å². The molecule has 0 fully saturated rings. The van der Waals surface area contributed by atoms with Gasteiger partial charge < -0.3 is 0 Å². The average Bonchev–Trinajstić information content (AvgIpc) is 3.40. The number of halogens is 1. The van der Waals surface area contributed by atoms with Crippen molar-refractivity contribution in [3.63, 3.8) is 0 Å². The Morgan fingerprint density at radius 3 is 2.54 bits per heavy atom. The van der Waals surface area contributed by atoms with E-state index < -0.39 is 17.7 Å². The van der Waals surface area contributed by atoms with E-state index in [-0.39, 0.29) is 27.6 Å². The summed E-state index contributed by atoms with van der Waals surface area (Å²) in [5, 5.41) is 10.9. The van der Waals surface area contributed by atoms with Gasteiger partial charge in [0.2, 0.25) is 5.13 Å². The monoisotopic (exact) mass is 504 g/mol. The minimum atomic E-state index is -0.482. The molecule has 35 heavy (non-hydrogen) atoms. The topological polar surface area (TPSA) is 92.3 Å². The molecule has 1 aliphatic heterocycles. The second-order valence-corrected chi connectivity index (χ2v) is 9.90. The first-order valence-electron chi connectivity index (χ1n) is 10.5. The van der Waals surface area contributed by atoms with E-state index in [0.29, 0.717) is 21.3 Å². The fraction of sp³-hybridized carbons (Fsp3) is 0.0800. The van der Waals surface area contributed by atoms with Crippen LogP contribution in [0.3, 0.4) is 0 Å². The van der Waals surface area contributed by atoms with Crippen molar-refractivity contribution in [1.29, 1.82) is 0 Å². The highest BCUT2D eigenvalue weighted by Crippen LogP contribution is 2.32. The number of anilines is 2. The number of aryl methyl sites for hydroxylation is 1. The third kappa shape index (κ3) is 4.45. The number of para-hydroxylation sites is 1. The number of hydrogen-bond donors (Lipinski definition) is 1. The van der Waals surface area contributed by atoms with Crippen LogP contribution in [0.2, 0.25) is 0 Å². The van der Waals surface area contributed by atoms with Gasteiger partial charge in [0.1, 0.15) is 5.82 Å². The van der Waals surface area contributed by atoms with Crippen molar-refractivity contribution in [2.45, 2.75) is 17.0 Å². The molecular formula is C25H17FN4O3S2. The average molecular weight is 505 g/mol. The first-order valence-corrected chi connectivity index (χ1v) is 12.3. The molecule has 0 unspecified atom stereocenters. The van der Waals surface area contributed by atoms with Crippen LogP contribution in [0.1, 0.15) is 42.2 Å². The number of aromatic nitrogens is 2. The number of carbonyl (C=O) groups excluding carboxylic acids is 3. The Kier molecular flexibility index (Phi) is 6.14. The lowest BCUT2D eigenvalue weighted by molar-refractivity contribution is 0.0925. The summed E-state index contributed by atoms with van der Waals surface area (Å²) >= 11 is 2.48. The molecule has 4 aromatic rings. The molecule has 0 atom stereocenters. The number of nitrogens with zero attached hydrogens (tertiary/aromatic N) is 3. The van der Waals surface area contributed by atoms with Crippen LogP contribution >= 0.6 is 23.1 Å². The molecule has 3 aromatic carbocycles. The van der Waals surface area contributed by atoms with E-state index in [1.165, 1.54) is 36.0 Å². The molecule has 1 N–H and O–H groups in total. The Morgan fingerprint density at radius 2 is 1.74 bits per heavy atom. The summed E-state index contributed by atoms with van der Waals surface area (Å²) in [7, 11) is 0. The summed E-state index contributed by atoms with van der Waals surface area (Å²) < 4.78 is 14.4. The van der Waals surface area contributed by atoms with Crippen molar-refractivity contribution >= 4 is 51.6 Å². The number of fused-ring (bicyclic) bond motifs is 1. The van der Waals surface area contributed by atoms with Crippen molar-refractivity contribution in [3.8, 4) is 0 Å². The van der Waals surface area contributed by atoms with Crippen LogP contribution < -0.4 is 10.2 Å². The van der Waals surface area contributed by atoms with Gasteiger partial charge in [0.05, 0.1) is 16.8 Å². The SMILES string of the molecule is Cc1ccccc1N1C(=O)c2ccc(C(=O)Nc3nnc(SCc4ccccc4F)s3)cc2C1=O. The molecule has 0 saturated heterocycles. The molecule has 0 radical (unpaired) electrons. The first kappa shape index (κ1) is 22.9. The number of thioether (sulfide) groups is 1. The second-order valence-electron chi connectivity index (χ2n) is 7.70. The highest BCUT2D eigenvalue weighted by molar-refractivity contribution is 8.00. The van der Waals surface area contributed by atoms with Gasteiger partial charge in [-0.05, 0) is 48.4 Å². The molecule has 1 aliphatic rings. The Balaban J connectivity index is 1.29. The third-order valence-electron chi connectivity index (χ3n) is 5.44. The van der Waals surface area contributed by atoms with Crippen LogP contribution in [-0.2, 0) is 5.75 Å². The van der Waals surface area contributed by atoms with E-state index in [2.05, 4.69) is 15.5 Å². The minimum absolute atomic E-state index is 0.171. The second kappa shape index (κ2) is 9.40. The highest BCUT2D eigenvalue weighted by Gasteiger charge is 2.37. The number of benzene rings is 3. The fourth-order valence-electron chi connectivity index (χ4n) is 3.66. The lowest BCUT2D eigenvalue weighted by Crippen LogP contribution is -2.29. The van der Waals surface area contributed by atoms with E-state index in [9.17, 15) is 18.8 Å². The molecule has 10 heteroatoms. The van der Waals surface area contributed by atoms with Crippen molar-refractivity contribution < 1.29 is 18.8 Å². The van der Waals surface area contributed by atoms with E-state index in [1.807, 2.05) is 19.1 Å². The number of hydrogen-bond acceptors (Lipinski definition) is 7. The normalized spacial score (nSPS) is 12.7. The van der Waals surface area contributed by atoms with Gasteiger partial charge in [0.25, 0.3) is 17.7 Å². The van der Waals surface area contributed by atoms with Crippen LogP contribution in [0, 0.1) is 12.7 Å². The Labute approximate surface area is 208 Å². The lowest BCUT2D eigenvalue weighted by atomic mass is 10.1. The van der Waals surface area contributed by atoms with Crippen molar-refractivity contribution in [2.75, 3.05) is 10.2 Å². The fourth-order valence-corrected chi connectivity index (χ4v) is 5.39. The van der Waals surface area contributed by atoms with Gasteiger partial charge in [0.15, 0.2) is 4.34 Å². The zero-order valence-electron chi connectivity index (χ0n) is 18.3. The van der Waals surface area contributed by atoms with E-state index in [4.69, 9.17) is 0 Å². The lowest BCUT2D eigenvalue weighted by Gasteiger charge is -2.16. The molecule has 7 nitrogen and oxygen atoms in total. The number of carbonyl (C=O) groups is 3. The highest BCUT2D eigenvalue weighted by atomic mass is 32.2. The maximum Gasteiger partial charge on any atom is 0.266 e. The predicted molar refractivity (Wildman–Crippen MR) is 133 cm³/mol. The molecule has 174 valence electrons. The van der Waals surface area contributed by atoms with Gasteiger partial charge in [-0.3, -0.25) is 19.7 Å². The smallest absolute Gasteiger partial charge is 0.266 e. The summed E-state index contributed by atoms with van der Waals surface area (Å²) in [6.45, 7) is 1.82. The van der Waals surface area contributed by atoms with Gasteiger partial charge in [-0.2, -0.15) is 0 Å². The molecule has 5 rings (SSSR count). The van der Waals surface area contributed by atoms with Crippen LogP contribution in [-0.4, -0.2) is 27.9 Å².